The van der Waals surface area contributed by atoms with Crippen molar-refractivity contribution in [1.82, 2.24) is 5.32 Å². The van der Waals surface area contributed by atoms with E-state index in [1.54, 1.807) is 6.07 Å². The summed E-state index contributed by atoms with van der Waals surface area (Å²) in [6.45, 7) is 5.94. The lowest BCUT2D eigenvalue weighted by atomic mass is 10.2. The van der Waals surface area contributed by atoms with Gasteiger partial charge < -0.3 is 14.8 Å². The third-order valence-electron chi connectivity index (χ3n) is 2.93. The molecule has 0 saturated heterocycles. The number of hydrogen-bond donors (Lipinski definition) is 1. The standard InChI is InChI=1S/C17H22FNO4/c1-11(2)10-19-17(21)12(3)23-16(20)8-6-13-5-7-15(22-4)14(18)9-13/h5-9,11-12H,10H2,1-4H3,(H,19,21)/b8-6+/t12-/m1/s1. The molecule has 23 heavy (non-hydrogen) atoms. The second-order valence-corrected chi connectivity index (χ2v) is 5.45. The lowest BCUT2D eigenvalue weighted by Crippen LogP contribution is -2.37. The lowest BCUT2D eigenvalue weighted by Gasteiger charge is -2.13. The molecule has 0 bridgehead atoms. The van der Waals surface area contributed by atoms with Gasteiger partial charge in [0.15, 0.2) is 17.7 Å². The molecule has 0 aromatic heterocycles. The summed E-state index contributed by atoms with van der Waals surface area (Å²) >= 11 is 0. The van der Waals surface area contributed by atoms with Gasteiger partial charge in [0.1, 0.15) is 0 Å². The minimum atomic E-state index is -0.890. The molecule has 0 radical (unpaired) electrons. The summed E-state index contributed by atoms with van der Waals surface area (Å²) in [5.41, 5.74) is 0.483. The summed E-state index contributed by atoms with van der Waals surface area (Å²) in [5.74, 6) is -1.11. The van der Waals surface area contributed by atoms with Gasteiger partial charge in [-0.3, -0.25) is 4.79 Å². The largest absolute Gasteiger partial charge is 0.494 e. The zero-order chi connectivity index (χ0) is 17.4. The molecule has 0 aliphatic rings. The Morgan fingerprint density at radius 3 is 2.57 bits per heavy atom. The van der Waals surface area contributed by atoms with Gasteiger partial charge >= 0.3 is 5.97 Å². The quantitative estimate of drug-likeness (QED) is 0.619. The monoisotopic (exact) mass is 323 g/mol. The molecule has 1 aromatic carbocycles. The molecular formula is C17H22FNO4. The molecular weight excluding hydrogens is 301 g/mol. The third-order valence-corrected chi connectivity index (χ3v) is 2.93. The first-order valence-corrected chi connectivity index (χ1v) is 7.33. The molecule has 1 rings (SSSR count). The second-order valence-electron chi connectivity index (χ2n) is 5.45. The zero-order valence-corrected chi connectivity index (χ0v) is 13.8. The molecule has 0 aliphatic carbocycles. The fourth-order valence-corrected chi connectivity index (χ4v) is 1.67. The van der Waals surface area contributed by atoms with E-state index < -0.39 is 17.9 Å². The SMILES string of the molecule is COc1ccc(/C=C/C(=O)O[C@H](C)C(=O)NCC(C)C)cc1F. The molecule has 1 aromatic rings. The molecule has 126 valence electrons. The topological polar surface area (TPSA) is 64.6 Å². The van der Waals surface area contributed by atoms with Crippen LogP contribution >= 0.6 is 0 Å². The maximum absolute atomic E-state index is 13.5. The van der Waals surface area contributed by atoms with Crippen LogP contribution in [0.3, 0.4) is 0 Å². The van der Waals surface area contributed by atoms with Crippen molar-refractivity contribution in [2.24, 2.45) is 5.92 Å². The minimum absolute atomic E-state index is 0.125. The Bertz CT molecular complexity index is 584. The maximum atomic E-state index is 13.5. The Morgan fingerprint density at radius 2 is 2.00 bits per heavy atom. The summed E-state index contributed by atoms with van der Waals surface area (Å²) in [5, 5.41) is 2.68. The average molecular weight is 323 g/mol. The zero-order valence-electron chi connectivity index (χ0n) is 13.8. The van der Waals surface area contributed by atoms with Crippen LogP contribution in [0.2, 0.25) is 0 Å². The Kier molecular flexibility index (Phi) is 7.25. The van der Waals surface area contributed by atoms with Crippen LogP contribution in [-0.2, 0) is 14.3 Å². The van der Waals surface area contributed by atoms with Crippen molar-refractivity contribution in [3.05, 3.63) is 35.7 Å². The van der Waals surface area contributed by atoms with E-state index in [4.69, 9.17) is 9.47 Å². The molecule has 0 fully saturated rings. The van der Waals surface area contributed by atoms with Gasteiger partial charge in [-0.05, 0) is 36.6 Å². The van der Waals surface area contributed by atoms with Crippen molar-refractivity contribution in [2.75, 3.05) is 13.7 Å². The molecule has 1 atom stereocenters. The predicted molar refractivity (Wildman–Crippen MR) is 85.4 cm³/mol. The number of esters is 1. The van der Waals surface area contributed by atoms with Crippen molar-refractivity contribution in [1.29, 1.82) is 0 Å². The Balaban J connectivity index is 2.55. The molecule has 0 unspecified atom stereocenters. The highest BCUT2D eigenvalue weighted by molar-refractivity contribution is 5.90. The molecule has 0 aliphatic heterocycles. The molecule has 0 saturated carbocycles. The van der Waals surface area contributed by atoms with Gasteiger partial charge in [0, 0.05) is 12.6 Å². The smallest absolute Gasteiger partial charge is 0.331 e. The van der Waals surface area contributed by atoms with Crippen LogP contribution in [0, 0.1) is 11.7 Å². The molecule has 1 N–H and O–H groups in total. The highest BCUT2D eigenvalue weighted by atomic mass is 19.1. The van der Waals surface area contributed by atoms with E-state index in [2.05, 4.69) is 5.32 Å². The molecule has 6 heteroatoms. The van der Waals surface area contributed by atoms with E-state index in [0.29, 0.717) is 18.0 Å². The van der Waals surface area contributed by atoms with Crippen molar-refractivity contribution in [3.63, 3.8) is 0 Å². The van der Waals surface area contributed by atoms with Gasteiger partial charge in [-0.2, -0.15) is 0 Å². The Hall–Kier alpha value is -2.37. The van der Waals surface area contributed by atoms with Gasteiger partial charge in [-0.25, -0.2) is 9.18 Å². The Labute approximate surface area is 135 Å². The predicted octanol–water partition coefficient (Wildman–Crippen LogP) is 2.55. The van der Waals surface area contributed by atoms with Gasteiger partial charge in [0.05, 0.1) is 7.11 Å². The fraction of sp³-hybridized carbons (Fsp3) is 0.412. The fourth-order valence-electron chi connectivity index (χ4n) is 1.67. The number of hydrogen-bond acceptors (Lipinski definition) is 4. The van der Waals surface area contributed by atoms with E-state index in [9.17, 15) is 14.0 Å². The summed E-state index contributed by atoms with van der Waals surface area (Å²) in [6.07, 6.45) is 1.66. The lowest BCUT2D eigenvalue weighted by molar-refractivity contribution is -0.150. The van der Waals surface area contributed by atoms with Crippen molar-refractivity contribution >= 4 is 18.0 Å². The van der Waals surface area contributed by atoms with Crippen LogP contribution in [0.25, 0.3) is 6.08 Å². The molecule has 0 spiro atoms. The third kappa shape index (κ3) is 6.50. The number of rotatable bonds is 7. The number of nitrogens with one attached hydrogen (secondary N) is 1. The number of carbonyl (C=O) groups is 2. The first-order valence-electron chi connectivity index (χ1n) is 7.33. The van der Waals surface area contributed by atoms with Crippen LogP contribution in [0.15, 0.2) is 24.3 Å². The first kappa shape index (κ1) is 18.7. The van der Waals surface area contributed by atoms with Gasteiger partial charge in [0.2, 0.25) is 0 Å². The second kappa shape index (κ2) is 8.92. The van der Waals surface area contributed by atoms with E-state index in [1.165, 1.54) is 32.2 Å². The molecule has 0 heterocycles. The van der Waals surface area contributed by atoms with Crippen molar-refractivity contribution in [2.45, 2.75) is 26.9 Å². The Morgan fingerprint density at radius 1 is 1.30 bits per heavy atom. The van der Waals surface area contributed by atoms with Crippen molar-refractivity contribution in [3.8, 4) is 5.75 Å². The van der Waals surface area contributed by atoms with Crippen LogP contribution in [0.5, 0.6) is 5.75 Å². The summed E-state index contributed by atoms with van der Waals surface area (Å²) < 4.78 is 23.3. The summed E-state index contributed by atoms with van der Waals surface area (Å²) in [7, 11) is 1.37. The van der Waals surface area contributed by atoms with Gasteiger partial charge in [0.25, 0.3) is 5.91 Å². The highest BCUT2D eigenvalue weighted by Gasteiger charge is 2.16. The first-order chi connectivity index (χ1) is 10.8. The van der Waals surface area contributed by atoms with Crippen LogP contribution in [-0.4, -0.2) is 31.6 Å². The molecule has 1 amide bonds. The number of benzene rings is 1. The number of halogens is 1. The van der Waals surface area contributed by atoms with Gasteiger partial charge in [-0.1, -0.05) is 19.9 Å². The van der Waals surface area contributed by atoms with Crippen LogP contribution in [0.1, 0.15) is 26.3 Å². The van der Waals surface area contributed by atoms with Crippen LogP contribution in [0.4, 0.5) is 4.39 Å². The number of amides is 1. The average Bonchev–Trinajstić information content (AvgIpc) is 2.50. The van der Waals surface area contributed by atoms with E-state index >= 15 is 0 Å². The number of carbonyl (C=O) groups excluding carboxylic acids is 2. The number of ether oxygens (including phenoxy) is 2. The maximum Gasteiger partial charge on any atom is 0.331 e. The summed E-state index contributed by atoms with van der Waals surface area (Å²) in [6, 6.07) is 4.30. The molecule has 5 nitrogen and oxygen atoms in total. The van der Waals surface area contributed by atoms with E-state index in [-0.39, 0.29) is 11.7 Å². The number of methoxy groups -OCH3 is 1. The van der Waals surface area contributed by atoms with E-state index in [0.717, 1.165) is 6.08 Å². The highest BCUT2D eigenvalue weighted by Crippen LogP contribution is 2.18. The summed E-state index contributed by atoms with van der Waals surface area (Å²) in [4.78, 5) is 23.4. The van der Waals surface area contributed by atoms with E-state index in [1.807, 2.05) is 13.8 Å². The van der Waals surface area contributed by atoms with Crippen LogP contribution < -0.4 is 10.1 Å². The van der Waals surface area contributed by atoms with Gasteiger partial charge in [-0.15, -0.1) is 0 Å². The van der Waals surface area contributed by atoms with Crippen molar-refractivity contribution < 1.29 is 23.5 Å². The normalized spacial score (nSPS) is 12.3. The minimum Gasteiger partial charge on any atom is -0.494 e.